The highest BCUT2D eigenvalue weighted by molar-refractivity contribution is 6.31. The van der Waals surface area contributed by atoms with Crippen molar-refractivity contribution in [1.82, 2.24) is 14.8 Å². The summed E-state index contributed by atoms with van der Waals surface area (Å²) in [6.07, 6.45) is 2.96. The molecule has 0 saturated heterocycles. The zero-order valence-electron chi connectivity index (χ0n) is 17.3. The highest BCUT2D eigenvalue weighted by Crippen LogP contribution is 2.34. The molecule has 0 atom stereocenters. The Kier molecular flexibility index (Phi) is 4.56. The molecule has 30 heavy (non-hydrogen) atoms. The molecule has 3 aromatic carbocycles. The van der Waals surface area contributed by atoms with E-state index in [9.17, 15) is 0 Å². The number of aryl methyl sites for hydroxylation is 3. The molecule has 0 N–H and O–H groups in total. The second-order valence-electron chi connectivity index (χ2n) is 7.79. The summed E-state index contributed by atoms with van der Waals surface area (Å²) in [5.74, 6) is 0. The predicted molar refractivity (Wildman–Crippen MR) is 126 cm³/mol. The van der Waals surface area contributed by atoms with E-state index in [1.165, 1.54) is 11.1 Å². The molecular weight excluding hydrogens is 390 g/mol. The first-order valence-corrected chi connectivity index (χ1v) is 10.6. The SMILES string of the molecule is CCc1ccc(-c2nn(-c3ccc(C)c(Cl)c3)c3c2cnc2ccc(C)cc23)cc1. The normalized spacial score (nSPS) is 11.5. The summed E-state index contributed by atoms with van der Waals surface area (Å²) in [6.45, 7) is 6.28. The molecule has 5 aromatic rings. The van der Waals surface area contributed by atoms with Crippen molar-refractivity contribution < 1.29 is 0 Å². The lowest BCUT2D eigenvalue weighted by Crippen LogP contribution is -1.98. The molecule has 0 aliphatic heterocycles. The Bertz CT molecular complexity index is 1400. The van der Waals surface area contributed by atoms with E-state index >= 15 is 0 Å². The van der Waals surface area contributed by atoms with Gasteiger partial charge in [-0.25, -0.2) is 4.68 Å². The fourth-order valence-corrected chi connectivity index (χ4v) is 4.08. The standard InChI is InChI=1S/C26H22ClN3/c1-4-18-7-9-19(10-8-18)25-22-15-28-24-12-5-16(2)13-21(24)26(22)30(29-25)20-11-6-17(3)23(27)14-20/h5-15H,4H2,1-3H3. The van der Waals surface area contributed by atoms with E-state index in [0.717, 1.165) is 55.8 Å². The van der Waals surface area contributed by atoms with Gasteiger partial charge in [0, 0.05) is 27.6 Å². The zero-order chi connectivity index (χ0) is 20.8. The Hall–Kier alpha value is -3.17. The van der Waals surface area contributed by atoms with Gasteiger partial charge in [0.1, 0.15) is 5.69 Å². The number of fused-ring (bicyclic) bond motifs is 3. The number of nitrogens with zero attached hydrogens (tertiary/aromatic N) is 3. The maximum Gasteiger partial charge on any atom is 0.102 e. The number of benzene rings is 3. The fourth-order valence-electron chi connectivity index (χ4n) is 3.91. The summed E-state index contributed by atoms with van der Waals surface area (Å²) < 4.78 is 2.01. The molecule has 3 nitrogen and oxygen atoms in total. The van der Waals surface area contributed by atoms with Gasteiger partial charge in [-0.15, -0.1) is 0 Å². The third-order valence-electron chi connectivity index (χ3n) is 5.70. The van der Waals surface area contributed by atoms with E-state index < -0.39 is 0 Å². The first-order chi connectivity index (χ1) is 14.5. The van der Waals surface area contributed by atoms with Crippen LogP contribution in [0.15, 0.2) is 66.9 Å². The van der Waals surface area contributed by atoms with Gasteiger partial charge >= 0.3 is 0 Å². The van der Waals surface area contributed by atoms with Gasteiger partial charge in [0.2, 0.25) is 0 Å². The van der Waals surface area contributed by atoms with Gasteiger partial charge < -0.3 is 0 Å². The van der Waals surface area contributed by atoms with E-state index in [4.69, 9.17) is 21.7 Å². The van der Waals surface area contributed by atoms with Crippen molar-refractivity contribution in [3.05, 3.63) is 88.6 Å². The smallest absolute Gasteiger partial charge is 0.102 e. The largest absolute Gasteiger partial charge is 0.255 e. The number of pyridine rings is 1. The van der Waals surface area contributed by atoms with Crippen LogP contribution in [0.5, 0.6) is 0 Å². The lowest BCUT2D eigenvalue weighted by atomic mass is 10.0. The molecule has 0 aliphatic rings. The lowest BCUT2D eigenvalue weighted by Gasteiger charge is -2.08. The van der Waals surface area contributed by atoms with Crippen molar-refractivity contribution in [2.45, 2.75) is 27.2 Å². The van der Waals surface area contributed by atoms with Gasteiger partial charge in [0.05, 0.1) is 16.7 Å². The summed E-state index contributed by atoms with van der Waals surface area (Å²) >= 11 is 6.46. The predicted octanol–water partition coefficient (Wildman–Crippen LogP) is 7.07. The first-order valence-electron chi connectivity index (χ1n) is 10.2. The van der Waals surface area contributed by atoms with Crippen molar-refractivity contribution >= 4 is 33.4 Å². The Labute approximate surface area is 180 Å². The highest BCUT2D eigenvalue weighted by atomic mass is 35.5. The number of hydrogen-bond donors (Lipinski definition) is 0. The minimum absolute atomic E-state index is 0.736. The lowest BCUT2D eigenvalue weighted by molar-refractivity contribution is 0.917. The fraction of sp³-hybridized carbons (Fsp3) is 0.154. The molecule has 5 rings (SSSR count). The monoisotopic (exact) mass is 411 g/mol. The maximum absolute atomic E-state index is 6.46. The quantitative estimate of drug-likeness (QED) is 0.317. The highest BCUT2D eigenvalue weighted by Gasteiger charge is 2.17. The van der Waals surface area contributed by atoms with Crippen LogP contribution in [-0.4, -0.2) is 14.8 Å². The Morgan fingerprint density at radius 1 is 0.900 bits per heavy atom. The molecule has 2 aromatic heterocycles. The van der Waals surface area contributed by atoms with Crippen LogP contribution in [0.2, 0.25) is 5.02 Å². The second-order valence-corrected chi connectivity index (χ2v) is 8.19. The molecule has 0 amide bonds. The Balaban J connectivity index is 1.86. The molecular formula is C26H22ClN3. The van der Waals surface area contributed by atoms with Crippen molar-refractivity contribution in [2.75, 3.05) is 0 Å². The van der Waals surface area contributed by atoms with Gasteiger partial charge in [0.15, 0.2) is 0 Å². The van der Waals surface area contributed by atoms with Gasteiger partial charge in [0.25, 0.3) is 0 Å². The van der Waals surface area contributed by atoms with Gasteiger partial charge in [-0.3, -0.25) is 4.98 Å². The summed E-state index contributed by atoms with van der Waals surface area (Å²) in [4.78, 5) is 4.73. The van der Waals surface area contributed by atoms with E-state index in [1.54, 1.807) is 0 Å². The molecule has 148 valence electrons. The Morgan fingerprint density at radius 2 is 1.70 bits per heavy atom. The number of aromatic nitrogens is 3. The van der Waals surface area contributed by atoms with Crippen LogP contribution >= 0.6 is 11.6 Å². The van der Waals surface area contributed by atoms with Crippen LogP contribution in [0.4, 0.5) is 0 Å². The van der Waals surface area contributed by atoms with E-state index in [0.29, 0.717) is 0 Å². The first kappa shape index (κ1) is 18.8. The van der Waals surface area contributed by atoms with Gasteiger partial charge in [-0.05, 0) is 55.7 Å². The van der Waals surface area contributed by atoms with E-state index in [1.807, 2.05) is 29.9 Å². The van der Waals surface area contributed by atoms with Crippen LogP contribution in [0.1, 0.15) is 23.6 Å². The van der Waals surface area contributed by atoms with Crippen molar-refractivity contribution in [3.8, 4) is 16.9 Å². The topological polar surface area (TPSA) is 30.7 Å². The minimum Gasteiger partial charge on any atom is -0.255 e. The summed E-state index contributed by atoms with van der Waals surface area (Å²) in [5, 5.41) is 7.92. The van der Waals surface area contributed by atoms with Crippen LogP contribution in [0.25, 0.3) is 38.8 Å². The average molecular weight is 412 g/mol. The number of rotatable bonds is 3. The molecule has 0 fully saturated rings. The zero-order valence-corrected chi connectivity index (χ0v) is 18.0. The van der Waals surface area contributed by atoms with E-state index in [2.05, 4.69) is 62.4 Å². The molecule has 0 unspecified atom stereocenters. The van der Waals surface area contributed by atoms with Crippen LogP contribution < -0.4 is 0 Å². The maximum atomic E-state index is 6.46. The third-order valence-corrected chi connectivity index (χ3v) is 6.10. The summed E-state index contributed by atoms with van der Waals surface area (Å²) in [5.41, 5.74) is 8.53. The van der Waals surface area contributed by atoms with Crippen LogP contribution in [0.3, 0.4) is 0 Å². The van der Waals surface area contributed by atoms with Crippen LogP contribution in [0, 0.1) is 13.8 Å². The van der Waals surface area contributed by atoms with Crippen LogP contribution in [-0.2, 0) is 6.42 Å². The molecule has 0 aliphatic carbocycles. The molecule has 0 spiro atoms. The Morgan fingerprint density at radius 3 is 2.43 bits per heavy atom. The van der Waals surface area contributed by atoms with Crippen molar-refractivity contribution in [1.29, 1.82) is 0 Å². The number of halogens is 1. The number of hydrogen-bond acceptors (Lipinski definition) is 2. The molecule has 0 saturated carbocycles. The third kappa shape index (κ3) is 3.06. The van der Waals surface area contributed by atoms with Crippen molar-refractivity contribution in [2.24, 2.45) is 0 Å². The minimum atomic E-state index is 0.736. The molecule has 4 heteroatoms. The van der Waals surface area contributed by atoms with Crippen molar-refractivity contribution in [3.63, 3.8) is 0 Å². The summed E-state index contributed by atoms with van der Waals surface area (Å²) in [7, 11) is 0. The second kappa shape index (κ2) is 7.26. The summed E-state index contributed by atoms with van der Waals surface area (Å²) in [6, 6.07) is 21.1. The molecule has 0 radical (unpaired) electrons. The average Bonchev–Trinajstić information content (AvgIpc) is 3.16. The van der Waals surface area contributed by atoms with E-state index in [-0.39, 0.29) is 0 Å². The van der Waals surface area contributed by atoms with Gasteiger partial charge in [-0.1, -0.05) is 60.5 Å². The van der Waals surface area contributed by atoms with Gasteiger partial charge in [-0.2, -0.15) is 5.10 Å². The molecule has 2 heterocycles. The molecule has 0 bridgehead atoms.